The molecule has 136 valence electrons. The van der Waals surface area contributed by atoms with Gasteiger partial charge >= 0.3 is 18.0 Å². The highest BCUT2D eigenvalue weighted by molar-refractivity contribution is 5.90. The van der Waals surface area contributed by atoms with E-state index in [9.17, 15) is 14.4 Å². The minimum absolute atomic E-state index is 0.148. The molecule has 0 fully saturated rings. The number of rotatable bonds is 2. The predicted molar refractivity (Wildman–Crippen MR) is 89.1 cm³/mol. The number of amides is 1. The van der Waals surface area contributed by atoms with Gasteiger partial charge in [0.15, 0.2) is 0 Å². The van der Waals surface area contributed by atoms with Crippen LogP contribution in [0, 0.1) is 0 Å². The number of ether oxygens (including phenoxy) is 3. The number of hydrogen-bond acceptors (Lipinski definition) is 6. The number of carbonyl (C=O) groups is 3. The maximum atomic E-state index is 12.5. The van der Waals surface area contributed by atoms with Crippen LogP contribution in [-0.2, 0) is 32.0 Å². The lowest BCUT2D eigenvalue weighted by Gasteiger charge is -2.36. The van der Waals surface area contributed by atoms with Crippen LogP contribution in [0.4, 0.5) is 4.79 Å². The third kappa shape index (κ3) is 4.29. The molecule has 7 heteroatoms. The maximum Gasteiger partial charge on any atom is 0.411 e. The standard InChI is InChI=1S/C18H23NO6/c1-18(2,3)25-17(22)19-10-13-8-12(15(20)23-4)7-6-11(13)9-14(19)16(21)24-5/h6-8,14H,9-10H2,1-5H3. The first-order valence-electron chi connectivity index (χ1n) is 7.94. The lowest BCUT2D eigenvalue weighted by atomic mass is 9.92. The summed E-state index contributed by atoms with van der Waals surface area (Å²) in [6.45, 7) is 5.41. The molecule has 1 aromatic rings. The summed E-state index contributed by atoms with van der Waals surface area (Å²) in [6, 6.07) is 4.31. The molecule has 0 radical (unpaired) electrons. The molecule has 0 N–H and O–H groups in total. The molecule has 0 saturated carbocycles. The van der Waals surface area contributed by atoms with E-state index >= 15 is 0 Å². The van der Waals surface area contributed by atoms with Crippen molar-refractivity contribution < 1.29 is 28.6 Å². The number of carbonyl (C=O) groups excluding carboxylic acids is 3. The molecule has 1 aliphatic rings. The van der Waals surface area contributed by atoms with Crippen molar-refractivity contribution >= 4 is 18.0 Å². The van der Waals surface area contributed by atoms with Gasteiger partial charge in [0.25, 0.3) is 0 Å². The molecule has 1 atom stereocenters. The van der Waals surface area contributed by atoms with Crippen molar-refractivity contribution in [1.29, 1.82) is 0 Å². The molecule has 2 rings (SSSR count). The van der Waals surface area contributed by atoms with E-state index in [2.05, 4.69) is 0 Å². The molecule has 0 aromatic heterocycles. The SMILES string of the molecule is COC(=O)c1ccc2c(c1)CN(C(=O)OC(C)(C)C)C(C(=O)OC)C2. The molecule has 1 heterocycles. The highest BCUT2D eigenvalue weighted by atomic mass is 16.6. The summed E-state index contributed by atoms with van der Waals surface area (Å²) in [7, 11) is 2.59. The van der Waals surface area contributed by atoms with E-state index < -0.39 is 29.7 Å². The van der Waals surface area contributed by atoms with Gasteiger partial charge in [0.05, 0.1) is 26.3 Å². The van der Waals surface area contributed by atoms with Crippen LogP contribution in [0.2, 0.25) is 0 Å². The minimum Gasteiger partial charge on any atom is -0.467 e. The number of benzene rings is 1. The second-order valence-electron chi connectivity index (χ2n) is 6.83. The quantitative estimate of drug-likeness (QED) is 0.602. The first-order chi connectivity index (χ1) is 11.7. The summed E-state index contributed by atoms with van der Waals surface area (Å²) < 4.78 is 15.0. The Morgan fingerprint density at radius 2 is 1.76 bits per heavy atom. The fourth-order valence-corrected chi connectivity index (χ4v) is 2.69. The monoisotopic (exact) mass is 349 g/mol. The van der Waals surface area contributed by atoms with E-state index in [1.54, 1.807) is 39.0 Å². The zero-order chi connectivity index (χ0) is 18.8. The molecular weight excluding hydrogens is 326 g/mol. The fourth-order valence-electron chi connectivity index (χ4n) is 2.69. The molecular formula is C18H23NO6. The van der Waals surface area contributed by atoms with E-state index in [-0.39, 0.29) is 6.54 Å². The van der Waals surface area contributed by atoms with Gasteiger partial charge in [0.1, 0.15) is 11.6 Å². The van der Waals surface area contributed by atoms with E-state index in [0.717, 1.165) is 11.1 Å². The maximum absolute atomic E-state index is 12.5. The molecule has 0 spiro atoms. The van der Waals surface area contributed by atoms with Gasteiger partial charge in [0, 0.05) is 6.42 Å². The first-order valence-corrected chi connectivity index (χ1v) is 7.94. The Balaban J connectivity index is 2.36. The van der Waals surface area contributed by atoms with Crippen LogP contribution in [0.3, 0.4) is 0 Å². The van der Waals surface area contributed by atoms with Crippen LogP contribution in [-0.4, -0.2) is 48.8 Å². The molecule has 1 aromatic carbocycles. The second-order valence-corrected chi connectivity index (χ2v) is 6.83. The summed E-state index contributed by atoms with van der Waals surface area (Å²) in [5, 5.41) is 0. The van der Waals surface area contributed by atoms with Crippen LogP contribution in [0.25, 0.3) is 0 Å². The predicted octanol–water partition coefficient (Wildman–Crippen LogP) is 2.31. The van der Waals surface area contributed by atoms with Crippen molar-refractivity contribution in [3.63, 3.8) is 0 Å². The van der Waals surface area contributed by atoms with Crippen LogP contribution in [0.15, 0.2) is 18.2 Å². The zero-order valence-electron chi connectivity index (χ0n) is 15.1. The van der Waals surface area contributed by atoms with Crippen LogP contribution >= 0.6 is 0 Å². The molecule has 1 unspecified atom stereocenters. The van der Waals surface area contributed by atoms with Gasteiger partial charge in [-0.25, -0.2) is 14.4 Å². The summed E-state index contributed by atoms with van der Waals surface area (Å²) >= 11 is 0. The van der Waals surface area contributed by atoms with Crippen molar-refractivity contribution in [3.05, 3.63) is 34.9 Å². The van der Waals surface area contributed by atoms with Gasteiger partial charge in [-0.1, -0.05) is 6.07 Å². The largest absolute Gasteiger partial charge is 0.467 e. The summed E-state index contributed by atoms with van der Waals surface area (Å²) in [4.78, 5) is 37.7. The Labute approximate surface area is 146 Å². The average molecular weight is 349 g/mol. The van der Waals surface area contributed by atoms with Gasteiger partial charge in [-0.2, -0.15) is 0 Å². The van der Waals surface area contributed by atoms with Crippen molar-refractivity contribution in [2.45, 2.75) is 45.4 Å². The van der Waals surface area contributed by atoms with E-state index in [0.29, 0.717) is 12.0 Å². The normalized spacial score (nSPS) is 16.7. The molecule has 0 saturated heterocycles. The Morgan fingerprint density at radius 3 is 2.32 bits per heavy atom. The molecule has 0 aliphatic carbocycles. The molecule has 0 bridgehead atoms. The van der Waals surface area contributed by atoms with Crippen LogP contribution < -0.4 is 0 Å². The van der Waals surface area contributed by atoms with Crippen molar-refractivity contribution in [3.8, 4) is 0 Å². The summed E-state index contributed by atoms with van der Waals surface area (Å²) in [5.74, 6) is -0.963. The van der Waals surface area contributed by atoms with E-state index in [1.807, 2.05) is 0 Å². The molecule has 7 nitrogen and oxygen atoms in total. The van der Waals surface area contributed by atoms with Crippen LogP contribution in [0.1, 0.15) is 42.3 Å². The molecule has 1 aliphatic heterocycles. The Morgan fingerprint density at radius 1 is 1.08 bits per heavy atom. The zero-order valence-corrected chi connectivity index (χ0v) is 15.1. The lowest BCUT2D eigenvalue weighted by Crippen LogP contribution is -2.50. The van der Waals surface area contributed by atoms with Crippen LogP contribution in [0.5, 0.6) is 0 Å². The van der Waals surface area contributed by atoms with E-state index in [1.165, 1.54) is 19.1 Å². The second kappa shape index (κ2) is 7.13. The smallest absolute Gasteiger partial charge is 0.411 e. The van der Waals surface area contributed by atoms with Gasteiger partial charge in [0.2, 0.25) is 0 Å². The Bertz CT molecular complexity index is 691. The fraction of sp³-hybridized carbons (Fsp3) is 0.500. The average Bonchev–Trinajstić information content (AvgIpc) is 2.57. The lowest BCUT2D eigenvalue weighted by molar-refractivity contribution is -0.147. The first kappa shape index (κ1) is 18.8. The van der Waals surface area contributed by atoms with Gasteiger partial charge in [-0.15, -0.1) is 0 Å². The number of hydrogen-bond donors (Lipinski definition) is 0. The molecule has 25 heavy (non-hydrogen) atoms. The Kier molecular flexibility index (Phi) is 5.35. The van der Waals surface area contributed by atoms with Gasteiger partial charge in [-0.3, -0.25) is 4.90 Å². The minimum atomic E-state index is -0.767. The van der Waals surface area contributed by atoms with E-state index in [4.69, 9.17) is 14.2 Å². The summed E-state index contributed by atoms with van der Waals surface area (Å²) in [5.41, 5.74) is 1.35. The van der Waals surface area contributed by atoms with Gasteiger partial charge in [-0.05, 0) is 44.0 Å². The number of fused-ring (bicyclic) bond motifs is 1. The highest BCUT2D eigenvalue weighted by Crippen LogP contribution is 2.27. The number of esters is 2. The summed E-state index contributed by atoms with van der Waals surface area (Å²) in [6.07, 6.45) is -0.306. The van der Waals surface area contributed by atoms with Crippen molar-refractivity contribution in [1.82, 2.24) is 4.90 Å². The molecule has 1 amide bonds. The third-order valence-electron chi connectivity index (χ3n) is 3.86. The van der Waals surface area contributed by atoms with Crippen molar-refractivity contribution in [2.75, 3.05) is 14.2 Å². The number of nitrogens with zero attached hydrogens (tertiary/aromatic N) is 1. The topological polar surface area (TPSA) is 82.1 Å². The highest BCUT2D eigenvalue weighted by Gasteiger charge is 2.37. The number of methoxy groups -OCH3 is 2. The third-order valence-corrected chi connectivity index (χ3v) is 3.86. The Hall–Kier alpha value is -2.57. The van der Waals surface area contributed by atoms with Gasteiger partial charge < -0.3 is 14.2 Å². The van der Waals surface area contributed by atoms with Crippen molar-refractivity contribution in [2.24, 2.45) is 0 Å².